The SMILES string of the molecule is CCN1C(=O)C(=C2Sc3ccc(OC)cc3N2C)SC1=NC(C)c1ccccc1. The maximum absolute atomic E-state index is 13.2. The van der Waals surface area contributed by atoms with Gasteiger partial charge in [0.05, 0.1) is 23.9 Å². The number of amidine groups is 1. The Morgan fingerprint density at radius 3 is 2.59 bits per heavy atom. The molecule has 2 aliphatic heterocycles. The van der Waals surface area contributed by atoms with Crippen molar-refractivity contribution in [2.24, 2.45) is 4.99 Å². The number of ether oxygens (including phenoxy) is 1. The molecule has 5 nitrogen and oxygen atoms in total. The van der Waals surface area contributed by atoms with Gasteiger partial charge in [-0.15, -0.1) is 0 Å². The molecule has 2 aromatic rings. The number of nitrogens with zero attached hydrogens (tertiary/aromatic N) is 3. The molecule has 2 aromatic carbocycles. The number of benzene rings is 2. The summed E-state index contributed by atoms with van der Waals surface area (Å²) in [6.45, 7) is 4.64. The number of thioether (sulfide) groups is 2. The van der Waals surface area contributed by atoms with Crippen LogP contribution in [0.1, 0.15) is 25.5 Å². The summed E-state index contributed by atoms with van der Waals surface area (Å²) >= 11 is 3.09. The minimum Gasteiger partial charge on any atom is -0.497 e. The summed E-state index contributed by atoms with van der Waals surface area (Å²) in [5.74, 6) is 0.826. The maximum Gasteiger partial charge on any atom is 0.269 e. The number of methoxy groups -OCH3 is 1. The summed E-state index contributed by atoms with van der Waals surface area (Å²) in [4.78, 5) is 23.7. The number of rotatable bonds is 4. The minimum atomic E-state index is -0.0136. The highest BCUT2D eigenvalue weighted by atomic mass is 32.2. The van der Waals surface area contributed by atoms with Crippen LogP contribution in [-0.2, 0) is 4.79 Å². The van der Waals surface area contributed by atoms with Gasteiger partial charge in [-0.25, -0.2) is 0 Å². The molecule has 1 unspecified atom stereocenters. The first kappa shape index (κ1) is 19.9. The summed E-state index contributed by atoms with van der Waals surface area (Å²) in [6, 6.07) is 16.1. The molecule has 1 amide bonds. The lowest BCUT2D eigenvalue weighted by molar-refractivity contribution is -0.122. The first-order chi connectivity index (χ1) is 14.0. The van der Waals surface area contributed by atoms with E-state index >= 15 is 0 Å². The Kier molecular flexibility index (Phi) is 5.61. The largest absolute Gasteiger partial charge is 0.497 e. The monoisotopic (exact) mass is 425 g/mol. The molecule has 29 heavy (non-hydrogen) atoms. The molecule has 0 bridgehead atoms. The van der Waals surface area contributed by atoms with Crippen LogP contribution >= 0.6 is 23.5 Å². The first-order valence-electron chi connectivity index (χ1n) is 9.49. The molecule has 0 N–H and O–H groups in total. The van der Waals surface area contributed by atoms with Crippen molar-refractivity contribution in [2.45, 2.75) is 24.8 Å². The summed E-state index contributed by atoms with van der Waals surface area (Å²) in [7, 11) is 3.65. The van der Waals surface area contributed by atoms with Gasteiger partial charge in [0.15, 0.2) is 5.17 Å². The lowest BCUT2D eigenvalue weighted by atomic mass is 10.1. The van der Waals surface area contributed by atoms with E-state index in [1.807, 2.05) is 50.4 Å². The van der Waals surface area contributed by atoms with E-state index in [0.717, 1.165) is 37.0 Å². The van der Waals surface area contributed by atoms with E-state index in [0.29, 0.717) is 6.54 Å². The fourth-order valence-corrected chi connectivity index (χ4v) is 5.78. The molecule has 150 valence electrons. The molecule has 0 saturated carbocycles. The standard InChI is InChI=1S/C22H23N3O2S2/c1-5-25-20(26)19(29-22(25)23-14(2)15-9-7-6-8-10-15)21-24(3)17-13-16(27-4)11-12-18(17)28-21/h6-14H,5H2,1-4H3. The fourth-order valence-electron chi connectivity index (χ4n) is 3.33. The van der Waals surface area contributed by atoms with Crippen molar-refractivity contribution in [3.63, 3.8) is 0 Å². The second-order valence-corrected chi connectivity index (χ2v) is 8.79. The molecule has 1 saturated heterocycles. The van der Waals surface area contributed by atoms with Gasteiger partial charge in [0.2, 0.25) is 0 Å². The number of anilines is 1. The van der Waals surface area contributed by atoms with Crippen molar-refractivity contribution in [1.29, 1.82) is 0 Å². The summed E-state index contributed by atoms with van der Waals surface area (Å²) in [6.07, 6.45) is 0. The van der Waals surface area contributed by atoms with Crippen molar-refractivity contribution < 1.29 is 9.53 Å². The Hall–Kier alpha value is -2.38. The van der Waals surface area contributed by atoms with E-state index in [-0.39, 0.29) is 11.9 Å². The molecule has 2 aliphatic rings. The number of carbonyl (C=O) groups is 1. The fraction of sp³-hybridized carbons (Fsp3) is 0.273. The molecule has 0 radical (unpaired) electrons. The number of carbonyl (C=O) groups excluding carboxylic acids is 1. The quantitative estimate of drug-likeness (QED) is 0.636. The van der Waals surface area contributed by atoms with E-state index < -0.39 is 0 Å². The number of aliphatic imine (C=N–C) groups is 1. The highest BCUT2D eigenvalue weighted by molar-refractivity contribution is 8.19. The van der Waals surface area contributed by atoms with Crippen LogP contribution in [0.3, 0.4) is 0 Å². The second kappa shape index (κ2) is 8.16. The van der Waals surface area contributed by atoms with Gasteiger partial charge in [-0.3, -0.25) is 14.7 Å². The number of amides is 1. The minimum absolute atomic E-state index is 0.0136. The predicted molar refractivity (Wildman–Crippen MR) is 122 cm³/mol. The maximum atomic E-state index is 13.2. The zero-order valence-electron chi connectivity index (χ0n) is 16.9. The van der Waals surface area contributed by atoms with Crippen molar-refractivity contribution in [2.75, 3.05) is 25.6 Å². The highest BCUT2D eigenvalue weighted by Gasteiger charge is 2.38. The van der Waals surface area contributed by atoms with Gasteiger partial charge in [-0.05, 0) is 43.3 Å². The zero-order valence-corrected chi connectivity index (χ0v) is 18.5. The smallest absolute Gasteiger partial charge is 0.269 e. The molecule has 4 rings (SSSR count). The van der Waals surface area contributed by atoms with Crippen LogP contribution in [-0.4, -0.2) is 36.7 Å². The molecule has 1 atom stereocenters. The number of hydrogen-bond donors (Lipinski definition) is 0. The Morgan fingerprint density at radius 2 is 1.90 bits per heavy atom. The van der Waals surface area contributed by atoms with Gasteiger partial charge < -0.3 is 9.64 Å². The molecule has 0 spiro atoms. The molecular formula is C22H23N3O2S2. The summed E-state index contributed by atoms with van der Waals surface area (Å²) in [5, 5.41) is 1.71. The molecule has 7 heteroatoms. The van der Waals surface area contributed by atoms with Crippen LogP contribution in [0.4, 0.5) is 5.69 Å². The van der Waals surface area contributed by atoms with E-state index in [4.69, 9.17) is 9.73 Å². The predicted octanol–water partition coefficient (Wildman–Crippen LogP) is 5.12. The molecular weight excluding hydrogens is 402 g/mol. The Morgan fingerprint density at radius 1 is 1.14 bits per heavy atom. The van der Waals surface area contributed by atoms with Gasteiger partial charge in [-0.1, -0.05) is 42.1 Å². The number of likely N-dealkylation sites (N-methyl/N-ethyl adjacent to an activating group) is 1. The third-order valence-corrected chi connectivity index (χ3v) is 7.45. The van der Waals surface area contributed by atoms with Gasteiger partial charge >= 0.3 is 0 Å². The Bertz CT molecular complexity index is 1000. The van der Waals surface area contributed by atoms with Crippen LogP contribution in [0.2, 0.25) is 0 Å². The lowest BCUT2D eigenvalue weighted by Gasteiger charge is -2.16. The van der Waals surface area contributed by atoms with Gasteiger partial charge in [0.25, 0.3) is 5.91 Å². The number of fused-ring (bicyclic) bond motifs is 1. The summed E-state index contributed by atoms with van der Waals surface area (Å²) < 4.78 is 5.36. The van der Waals surface area contributed by atoms with Crippen LogP contribution < -0.4 is 9.64 Å². The Balaban J connectivity index is 1.67. The Labute approximate surface area is 179 Å². The normalized spacial score (nSPS) is 21.1. The van der Waals surface area contributed by atoms with E-state index in [1.54, 1.807) is 23.8 Å². The van der Waals surface area contributed by atoms with Crippen LogP contribution in [0.15, 0.2) is 68.4 Å². The molecule has 0 aromatic heterocycles. The highest BCUT2D eigenvalue weighted by Crippen LogP contribution is 2.51. The second-order valence-electron chi connectivity index (χ2n) is 6.78. The topological polar surface area (TPSA) is 45.1 Å². The van der Waals surface area contributed by atoms with Crippen LogP contribution in [0.5, 0.6) is 5.75 Å². The van der Waals surface area contributed by atoms with E-state index in [9.17, 15) is 4.79 Å². The van der Waals surface area contributed by atoms with E-state index in [2.05, 4.69) is 24.0 Å². The van der Waals surface area contributed by atoms with E-state index in [1.165, 1.54) is 11.8 Å². The third kappa shape index (κ3) is 3.65. The molecule has 0 aliphatic carbocycles. The van der Waals surface area contributed by atoms with Crippen molar-refractivity contribution >= 4 is 40.3 Å². The molecule has 2 heterocycles. The lowest BCUT2D eigenvalue weighted by Crippen LogP contribution is -2.29. The van der Waals surface area contributed by atoms with Crippen molar-refractivity contribution in [1.82, 2.24) is 4.90 Å². The number of hydrogen-bond acceptors (Lipinski definition) is 6. The van der Waals surface area contributed by atoms with Gasteiger partial charge in [-0.2, -0.15) is 0 Å². The summed E-state index contributed by atoms with van der Waals surface area (Å²) in [5.41, 5.74) is 2.19. The van der Waals surface area contributed by atoms with Crippen LogP contribution in [0, 0.1) is 0 Å². The van der Waals surface area contributed by atoms with Crippen LogP contribution in [0.25, 0.3) is 0 Å². The first-order valence-corrected chi connectivity index (χ1v) is 11.1. The van der Waals surface area contributed by atoms with Crippen molar-refractivity contribution in [3.05, 3.63) is 64.0 Å². The zero-order chi connectivity index (χ0) is 20.5. The molecule has 1 fully saturated rings. The third-order valence-electron chi connectivity index (χ3n) is 5.00. The average Bonchev–Trinajstić information content (AvgIpc) is 3.24. The average molecular weight is 426 g/mol. The van der Waals surface area contributed by atoms with Crippen molar-refractivity contribution in [3.8, 4) is 5.75 Å². The van der Waals surface area contributed by atoms with Gasteiger partial charge in [0, 0.05) is 24.6 Å². The van der Waals surface area contributed by atoms with Gasteiger partial charge in [0.1, 0.15) is 10.7 Å².